The average Bonchev–Trinajstić information content (AvgIpc) is 2.59. The van der Waals surface area contributed by atoms with Crippen molar-refractivity contribution in [2.24, 2.45) is 0 Å². The van der Waals surface area contributed by atoms with Gasteiger partial charge in [-0.1, -0.05) is 0 Å². The molecule has 0 aliphatic carbocycles. The molecule has 4 heteroatoms. The molecule has 0 saturated carbocycles. The second kappa shape index (κ2) is 3.50. The van der Waals surface area contributed by atoms with E-state index in [0.29, 0.717) is 18.5 Å². The lowest BCUT2D eigenvalue weighted by Crippen LogP contribution is -2.39. The highest BCUT2D eigenvalue weighted by Gasteiger charge is 2.45. The van der Waals surface area contributed by atoms with E-state index in [1.807, 2.05) is 0 Å². The number of rotatable bonds is 1. The van der Waals surface area contributed by atoms with Crippen molar-refractivity contribution in [3.63, 3.8) is 0 Å². The molecule has 3 heterocycles. The van der Waals surface area contributed by atoms with Gasteiger partial charge in [0.1, 0.15) is 11.4 Å². The fourth-order valence-electron chi connectivity index (χ4n) is 2.79. The second-order valence-electron chi connectivity index (χ2n) is 4.76. The molecular weight excluding hydrogens is 209 g/mol. The first-order valence-electron chi connectivity index (χ1n) is 5.66. The van der Waals surface area contributed by atoms with Crippen molar-refractivity contribution in [2.45, 2.75) is 43.5 Å². The van der Waals surface area contributed by atoms with Gasteiger partial charge >= 0.3 is 0 Å². The molecule has 3 nitrogen and oxygen atoms in total. The van der Waals surface area contributed by atoms with Gasteiger partial charge in [0, 0.05) is 19.0 Å². The van der Waals surface area contributed by atoms with Crippen LogP contribution in [0.5, 0.6) is 0 Å². The van der Waals surface area contributed by atoms with E-state index in [-0.39, 0.29) is 18.0 Å². The SMILES string of the molecule is OC1(c2cc(F)ccn2)CC2CCC(C1)O2. The van der Waals surface area contributed by atoms with Crippen molar-refractivity contribution >= 4 is 0 Å². The van der Waals surface area contributed by atoms with Gasteiger partial charge in [0.05, 0.1) is 17.9 Å². The van der Waals surface area contributed by atoms with E-state index < -0.39 is 5.60 Å². The second-order valence-corrected chi connectivity index (χ2v) is 4.76. The molecule has 2 bridgehead atoms. The number of pyridine rings is 1. The van der Waals surface area contributed by atoms with Gasteiger partial charge in [0.15, 0.2) is 0 Å². The first kappa shape index (κ1) is 10.2. The van der Waals surface area contributed by atoms with E-state index in [9.17, 15) is 9.50 Å². The van der Waals surface area contributed by atoms with Crippen LogP contribution in [0, 0.1) is 5.82 Å². The zero-order chi connectivity index (χ0) is 11.2. The minimum atomic E-state index is -1.01. The summed E-state index contributed by atoms with van der Waals surface area (Å²) in [5.41, 5.74) is -0.570. The Bertz CT molecular complexity index is 398. The Labute approximate surface area is 93.3 Å². The summed E-state index contributed by atoms with van der Waals surface area (Å²) in [6.45, 7) is 0. The van der Waals surface area contributed by atoms with Crippen LogP contribution < -0.4 is 0 Å². The van der Waals surface area contributed by atoms with Gasteiger partial charge in [0.25, 0.3) is 0 Å². The van der Waals surface area contributed by atoms with Crippen LogP contribution in [0.3, 0.4) is 0 Å². The molecule has 2 saturated heterocycles. The molecule has 1 aromatic rings. The summed E-state index contributed by atoms with van der Waals surface area (Å²) in [4.78, 5) is 4.09. The first-order chi connectivity index (χ1) is 7.66. The molecule has 0 spiro atoms. The number of hydrogen-bond donors (Lipinski definition) is 1. The topological polar surface area (TPSA) is 42.4 Å². The molecule has 2 atom stereocenters. The molecule has 2 aliphatic heterocycles. The standard InChI is InChI=1S/C12H14FNO2/c13-8-3-4-14-11(5-8)12(15)6-9-1-2-10(7-12)16-9/h3-5,9-10,15H,1-2,6-7H2. The Morgan fingerprint density at radius 1 is 1.38 bits per heavy atom. The van der Waals surface area contributed by atoms with Gasteiger partial charge < -0.3 is 9.84 Å². The third-order valence-electron chi connectivity index (χ3n) is 3.53. The summed E-state index contributed by atoms with van der Waals surface area (Å²) in [6, 6.07) is 2.62. The number of halogens is 1. The highest BCUT2D eigenvalue weighted by atomic mass is 19.1. The maximum absolute atomic E-state index is 13.1. The van der Waals surface area contributed by atoms with Crippen LogP contribution >= 0.6 is 0 Å². The monoisotopic (exact) mass is 223 g/mol. The van der Waals surface area contributed by atoms with Crippen molar-refractivity contribution < 1.29 is 14.2 Å². The molecule has 86 valence electrons. The molecule has 2 aliphatic rings. The van der Waals surface area contributed by atoms with Crippen LogP contribution in [0.15, 0.2) is 18.3 Å². The Hall–Kier alpha value is -1.00. The van der Waals surface area contributed by atoms with Gasteiger partial charge in [-0.05, 0) is 25.0 Å². The van der Waals surface area contributed by atoms with E-state index in [0.717, 1.165) is 12.8 Å². The van der Waals surface area contributed by atoms with Crippen molar-refractivity contribution in [2.75, 3.05) is 0 Å². The minimum Gasteiger partial charge on any atom is -0.383 e. The number of fused-ring (bicyclic) bond motifs is 2. The summed E-state index contributed by atoms with van der Waals surface area (Å²) < 4.78 is 18.8. The largest absolute Gasteiger partial charge is 0.383 e. The third kappa shape index (κ3) is 1.62. The fourth-order valence-corrected chi connectivity index (χ4v) is 2.79. The van der Waals surface area contributed by atoms with Crippen molar-refractivity contribution in [1.29, 1.82) is 0 Å². The quantitative estimate of drug-likeness (QED) is 0.788. The molecule has 1 N–H and O–H groups in total. The molecule has 2 unspecified atom stereocenters. The van der Waals surface area contributed by atoms with Crippen molar-refractivity contribution in [3.05, 3.63) is 29.8 Å². The number of aromatic nitrogens is 1. The van der Waals surface area contributed by atoms with Crippen LogP contribution in [0.25, 0.3) is 0 Å². The lowest BCUT2D eigenvalue weighted by molar-refractivity contribution is -0.117. The predicted octanol–water partition coefficient (Wildman–Crippen LogP) is 1.75. The lowest BCUT2D eigenvalue weighted by Gasteiger charge is -2.35. The summed E-state index contributed by atoms with van der Waals surface area (Å²) in [6.07, 6.45) is 4.65. The number of aliphatic hydroxyl groups is 1. The van der Waals surface area contributed by atoms with Crippen LogP contribution in [0.2, 0.25) is 0 Å². The van der Waals surface area contributed by atoms with Gasteiger partial charge in [-0.15, -0.1) is 0 Å². The summed E-state index contributed by atoms with van der Waals surface area (Å²) in [5.74, 6) is -0.350. The predicted molar refractivity (Wildman–Crippen MR) is 55.2 cm³/mol. The first-order valence-corrected chi connectivity index (χ1v) is 5.66. The Morgan fingerprint density at radius 2 is 2.06 bits per heavy atom. The van der Waals surface area contributed by atoms with Crippen LogP contribution in [-0.2, 0) is 10.3 Å². The smallest absolute Gasteiger partial charge is 0.126 e. The van der Waals surface area contributed by atoms with Crippen LogP contribution in [-0.4, -0.2) is 22.3 Å². The molecule has 0 amide bonds. The summed E-state index contributed by atoms with van der Waals surface area (Å²) in [5, 5.41) is 10.5. The van der Waals surface area contributed by atoms with Gasteiger partial charge in [-0.2, -0.15) is 0 Å². The molecular formula is C12H14FNO2. The maximum Gasteiger partial charge on any atom is 0.126 e. The Kier molecular flexibility index (Phi) is 2.23. The van der Waals surface area contributed by atoms with Crippen LogP contribution in [0.1, 0.15) is 31.4 Å². The highest BCUT2D eigenvalue weighted by Crippen LogP contribution is 2.43. The maximum atomic E-state index is 13.1. The molecule has 1 aromatic heterocycles. The summed E-state index contributed by atoms with van der Waals surface area (Å²) in [7, 11) is 0. The van der Waals surface area contributed by atoms with Gasteiger partial charge in [-0.3, -0.25) is 4.98 Å². The Morgan fingerprint density at radius 3 is 2.69 bits per heavy atom. The van der Waals surface area contributed by atoms with E-state index in [2.05, 4.69) is 4.98 Å². The summed E-state index contributed by atoms with van der Waals surface area (Å²) >= 11 is 0. The highest BCUT2D eigenvalue weighted by molar-refractivity contribution is 5.16. The van der Waals surface area contributed by atoms with E-state index in [4.69, 9.17) is 4.74 Å². The van der Waals surface area contributed by atoms with Crippen molar-refractivity contribution in [1.82, 2.24) is 4.98 Å². The van der Waals surface area contributed by atoms with E-state index >= 15 is 0 Å². The van der Waals surface area contributed by atoms with Gasteiger partial charge in [-0.25, -0.2) is 4.39 Å². The molecule has 16 heavy (non-hydrogen) atoms. The molecule has 0 aromatic carbocycles. The third-order valence-corrected chi connectivity index (χ3v) is 3.53. The van der Waals surface area contributed by atoms with Crippen molar-refractivity contribution in [3.8, 4) is 0 Å². The Balaban J connectivity index is 1.93. The molecule has 3 rings (SSSR count). The average molecular weight is 223 g/mol. The van der Waals surface area contributed by atoms with E-state index in [1.165, 1.54) is 18.3 Å². The zero-order valence-corrected chi connectivity index (χ0v) is 8.90. The van der Waals surface area contributed by atoms with Gasteiger partial charge in [0.2, 0.25) is 0 Å². The number of ether oxygens (including phenoxy) is 1. The normalized spacial score (nSPS) is 37.6. The molecule has 0 radical (unpaired) electrons. The zero-order valence-electron chi connectivity index (χ0n) is 8.90. The van der Waals surface area contributed by atoms with E-state index in [1.54, 1.807) is 0 Å². The lowest BCUT2D eigenvalue weighted by atomic mass is 9.87. The minimum absolute atomic E-state index is 0.105. The molecule has 2 fully saturated rings. The van der Waals surface area contributed by atoms with Crippen LogP contribution in [0.4, 0.5) is 4.39 Å². The number of nitrogens with zero attached hydrogens (tertiary/aromatic N) is 1. The fraction of sp³-hybridized carbons (Fsp3) is 0.583. The number of hydrogen-bond acceptors (Lipinski definition) is 3.